The Kier molecular flexibility index (Phi) is 15.2. The Labute approximate surface area is 82.7 Å². The van der Waals surface area contributed by atoms with Gasteiger partial charge < -0.3 is 4.74 Å². The van der Waals surface area contributed by atoms with E-state index in [4.69, 9.17) is 4.74 Å². The van der Waals surface area contributed by atoms with Crippen LogP contribution in [0.4, 0.5) is 0 Å². The summed E-state index contributed by atoms with van der Waals surface area (Å²) in [5.41, 5.74) is 0. The van der Waals surface area contributed by atoms with Gasteiger partial charge in [0.05, 0.1) is 6.61 Å². The van der Waals surface area contributed by atoms with Crippen LogP contribution in [-0.4, -0.2) is 6.61 Å². The van der Waals surface area contributed by atoms with Crippen molar-refractivity contribution in [1.82, 2.24) is 0 Å². The van der Waals surface area contributed by atoms with Crippen LogP contribution in [-0.2, 0) is 0 Å². The SMILES string of the molecule is CC.CC.CCOc1ccccc1. The first-order chi connectivity index (χ1) is 6.43. The highest BCUT2D eigenvalue weighted by molar-refractivity contribution is 5.20. The van der Waals surface area contributed by atoms with Crippen molar-refractivity contribution >= 4 is 0 Å². The van der Waals surface area contributed by atoms with Gasteiger partial charge in [-0.15, -0.1) is 0 Å². The maximum atomic E-state index is 5.21. The molecule has 0 bridgehead atoms. The first kappa shape index (κ1) is 14.5. The van der Waals surface area contributed by atoms with E-state index in [1.165, 1.54) is 0 Å². The fourth-order valence-electron chi connectivity index (χ4n) is 0.683. The molecule has 0 spiro atoms. The molecule has 0 atom stereocenters. The summed E-state index contributed by atoms with van der Waals surface area (Å²) >= 11 is 0. The zero-order valence-corrected chi connectivity index (χ0v) is 9.50. The van der Waals surface area contributed by atoms with Crippen molar-refractivity contribution in [3.63, 3.8) is 0 Å². The van der Waals surface area contributed by atoms with Gasteiger partial charge in [-0.3, -0.25) is 0 Å². The van der Waals surface area contributed by atoms with E-state index in [-0.39, 0.29) is 0 Å². The summed E-state index contributed by atoms with van der Waals surface area (Å²) in [5, 5.41) is 0. The lowest BCUT2D eigenvalue weighted by Crippen LogP contribution is -1.89. The van der Waals surface area contributed by atoms with Crippen LogP contribution < -0.4 is 4.74 Å². The molecule has 76 valence electrons. The van der Waals surface area contributed by atoms with Gasteiger partial charge in [0, 0.05) is 0 Å². The van der Waals surface area contributed by atoms with Crippen LogP contribution in [0, 0.1) is 0 Å². The predicted octanol–water partition coefficient (Wildman–Crippen LogP) is 4.14. The first-order valence-corrected chi connectivity index (χ1v) is 5.11. The van der Waals surface area contributed by atoms with Crippen LogP contribution in [0.25, 0.3) is 0 Å². The third-order valence-electron chi connectivity index (χ3n) is 1.05. The first-order valence-electron chi connectivity index (χ1n) is 5.11. The maximum absolute atomic E-state index is 5.21. The summed E-state index contributed by atoms with van der Waals surface area (Å²) in [6, 6.07) is 9.80. The molecule has 0 fully saturated rings. The van der Waals surface area contributed by atoms with Crippen LogP contribution in [0.2, 0.25) is 0 Å². The molecule has 0 unspecified atom stereocenters. The van der Waals surface area contributed by atoms with Gasteiger partial charge >= 0.3 is 0 Å². The molecule has 1 rings (SSSR count). The highest BCUT2D eigenvalue weighted by Gasteiger charge is 1.83. The van der Waals surface area contributed by atoms with Crippen molar-refractivity contribution in [2.45, 2.75) is 34.6 Å². The van der Waals surface area contributed by atoms with E-state index in [1.54, 1.807) is 0 Å². The van der Waals surface area contributed by atoms with Gasteiger partial charge in [-0.25, -0.2) is 0 Å². The molecule has 1 aromatic carbocycles. The normalized spacial score (nSPS) is 7.15. The molecule has 0 aromatic heterocycles. The number of hydrogen-bond donors (Lipinski definition) is 0. The van der Waals surface area contributed by atoms with Crippen LogP contribution in [0.1, 0.15) is 34.6 Å². The van der Waals surface area contributed by atoms with Gasteiger partial charge in [0.1, 0.15) is 5.75 Å². The largest absolute Gasteiger partial charge is 0.494 e. The Bertz CT molecular complexity index is 158. The molecule has 0 radical (unpaired) electrons. The molecule has 0 heterocycles. The Morgan fingerprint density at radius 1 is 0.923 bits per heavy atom. The Balaban J connectivity index is 0. The van der Waals surface area contributed by atoms with E-state index in [0.29, 0.717) is 0 Å². The topological polar surface area (TPSA) is 9.23 Å². The summed E-state index contributed by atoms with van der Waals surface area (Å²) in [5.74, 6) is 0.944. The lowest BCUT2D eigenvalue weighted by molar-refractivity contribution is 0.340. The second-order valence-electron chi connectivity index (χ2n) is 1.75. The lowest BCUT2D eigenvalue weighted by Gasteiger charge is -1.99. The van der Waals surface area contributed by atoms with Crippen molar-refractivity contribution in [2.75, 3.05) is 6.61 Å². The third-order valence-corrected chi connectivity index (χ3v) is 1.05. The molecular formula is C12H22O. The summed E-state index contributed by atoms with van der Waals surface area (Å²) in [7, 11) is 0. The molecule has 1 nitrogen and oxygen atoms in total. The molecule has 0 aliphatic carbocycles. The highest BCUT2D eigenvalue weighted by Crippen LogP contribution is 2.06. The summed E-state index contributed by atoms with van der Waals surface area (Å²) in [4.78, 5) is 0. The van der Waals surface area contributed by atoms with Gasteiger partial charge in [-0.05, 0) is 19.1 Å². The third kappa shape index (κ3) is 8.93. The number of hydrogen-bond acceptors (Lipinski definition) is 1. The summed E-state index contributed by atoms with van der Waals surface area (Å²) in [6.07, 6.45) is 0. The van der Waals surface area contributed by atoms with Crippen molar-refractivity contribution in [1.29, 1.82) is 0 Å². The molecule has 0 amide bonds. The average molecular weight is 182 g/mol. The molecule has 1 aromatic rings. The zero-order chi connectivity index (χ0) is 10.5. The number of para-hydroxylation sites is 1. The summed E-state index contributed by atoms with van der Waals surface area (Å²) < 4.78 is 5.21. The smallest absolute Gasteiger partial charge is 0.119 e. The molecular weight excluding hydrogens is 160 g/mol. The van der Waals surface area contributed by atoms with Crippen molar-refractivity contribution in [3.05, 3.63) is 30.3 Å². The predicted molar refractivity (Wildman–Crippen MR) is 60.3 cm³/mol. The Hall–Kier alpha value is -0.980. The van der Waals surface area contributed by atoms with Gasteiger partial charge in [0.15, 0.2) is 0 Å². The molecule has 1 heteroatoms. The van der Waals surface area contributed by atoms with Gasteiger partial charge in [-0.2, -0.15) is 0 Å². The van der Waals surface area contributed by atoms with Crippen molar-refractivity contribution in [2.24, 2.45) is 0 Å². The van der Waals surface area contributed by atoms with E-state index in [2.05, 4.69) is 0 Å². The molecule has 0 N–H and O–H groups in total. The minimum atomic E-state index is 0.740. The minimum absolute atomic E-state index is 0.740. The second kappa shape index (κ2) is 13.6. The van der Waals surface area contributed by atoms with Crippen molar-refractivity contribution < 1.29 is 4.74 Å². The van der Waals surface area contributed by atoms with E-state index in [9.17, 15) is 0 Å². The van der Waals surface area contributed by atoms with Crippen LogP contribution in [0.3, 0.4) is 0 Å². The Morgan fingerprint density at radius 3 is 1.77 bits per heavy atom. The molecule has 13 heavy (non-hydrogen) atoms. The fourth-order valence-corrected chi connectivity index (χ4v) is 0.683. The highest BCUT2D eigenvalue weighted by atomic mass is 16.5. The van der Waals surface area contributed by atoms with Crippen LogP contribution >= 0.6 is 0 Å². The second-order valence-corrected chi connectivity index (χ2v) is 1.75. The van der Waals surface area contributed by atoms with Crippen molar-refractivity contribution in [3.8, 4) is 5.75 Å². The fraction of sp³-hybridized carbons (Fsp3) is 0.500. The van der Waals surface area contributed by atoms with E-state index in [0.717, 1.165) is 12.4 Å². The van der Waals surface area contributed by atoms with Gasteiger partial charge in [0.2, 0.25) is 0 Å². The number of ether oxygens (including phenoxy) is 1. The van der Waals surface area contributed by atoms with Gasteiger partial charge in [-0.1, -0.05) is 45.9 Å². The molecule has 0 aliphatic rings. The maximum Gasteiger partial charge on any atom is 0.119 e. The molecule has 0 aliphatic heterocycles. The molecule has 0 saturated heterocycles. The quantitative estimate of drug-likeness (QED) is 0.668. The lowest BCUT2D eigenvalue weighted by atomic mass is 10.3. The van der Waals surface area contributed by atoms with E-state index < -0.39 is 0 Å². The summed E-state index contributed by atoms with van der Waals surface area (Å²) in [6.45, 7) is 10.7. The van der Waals surface area contributed by atoms with Crippen LogP contribution in [0.15, 0.2) is 30.3 Å². The van der Waals surface area contributed by atoms with E-state index in [1.807, 2.05) is 65.0 Å². The van der Waals surface area contributed by atoms with Gasteiger partial charge in [0.25, 0.3) is 0 Å². The average Bonchev–Trinajstić information content (AvgIpc) is 2.26. The standard InChI is InChI=1S/C8H10O.2C2H6/c1-2-9-8-6-4-3-5-7-8;2*1-2/h3-7H,2H2,1H3;2*1-2H3. The zero-order valence-electron chi connectivity index (χ0n) is 9.50. The Morgan fingerprint density at radius 2 is 1.38 bits per heavy atom. The van der Waals surface area contributed by atoms with E-state index >= 15 is 0 Å². The van der Waals surface area contributed by atoms with Crippen LogP contribution in [0.5, 0.6) is 5.75 Å². The number of benzene rings is 1. The monoisotopic (exact) mass is 182 g/mol. The minimum Gasteiger partial charge on any atom is -0.494 e. The molecule has 0 saturated carbocycles. The number of rotatable bonds is 2.